The van der Waals surface area contributed by atoms with Gasteiger partial charge in [0.2, 0.25) is 11.8 Å². The molecule has 3 aliphatic carbocycles. The summed E-state index contributed by atoms with van der Waals surface area (Å²) in [6, 6.07) is 23.6. The summed E-state index contributed by atoms with van der Waals surface area (Å²) >= 11 is 0. The first-order valence-electron chi connectivity index (χ1n) is 9.58. The highest BCUT2D eigenvalue weighted by Gasteiger charge is 2.61. The maximum Gasteiger partial charge on any atom is 0.238 e. The number of anilines is 2. The fourth-order valence-corrected chi connectivity index (χ4v) is 5.60. The van der Waals surface area contributed by atoms with Gasteiger partial charge in [0.25, 0.3) is 0 Å². The largest absolute Gasteiger partial charge is 0.399 e. The van der Waals surface area contributed by atoms with E-state index < -0.39 is 0 Å². The van der Waals surface area contributed by atoms with Crippen LogP contribution in [0, 0.1) is 11.8 Å². The molecule has 4 nitrogen and oxygen atoms in total. The Morgan fingerprint density at radius 2 is 1.11 bits per heavy atom. The predicted molar refractivity (Wildman–Crippen MR) is 107 cm³/mol. The van der Waals surface area contributed by atoms with E-state index >= 15 is 0 Å². The second-order valence-corrected chi connectivity index (χ2v) is 7.87. The Hall–Kier alpha value is -3.40. The zero-order valence-corrected chi connectivity index (χ0v) is 15.1. The van der Waals surface area contributed by atoms with Crippen molar-refractivity contribution in [3.05, 3.63) is 95.1 Å². The predicted octanol–water partition coefficient (Wildman–Crippen LogP) is 3.67. The van der Waals surface area contributed by atoms with E-state index in [1.165, 1.54) is 27.2 Å². The first kappa shape index (κ1) is 15.6. The van der Waals surface area contributed by atoms with Crippen LogP contribution in [0.3, 0.4) is 0 Å². The highest BCUT2D eigenvalue weighted by molar-refractivity contribution is 6.23. The minimum atomic E-state index is -0.358. The van der Waals surface area contributed by atoms with Gasteiger partial charge in [-0.1, -0.05) is 54.6 Å². The Labute approximate surface area is 162 Å². The number of hydrogen-bond donors (Lipinski definition) is 1. The minimum Gasteiger partial charge on any atom is -0.399 e. The second-order valence-electron chi connectivity index (χ2n) is 7.87. The molecule has 0 aromatic heterocycles. The molecule has 136 valence electrons. The van der Waals surface area contributed by atoms with E-state index in [1.807, 2.05) is 24.3 Å². The first-order valence-corrected chi connectivity index (χ1v) is 9.58. The van der Waals surface area contributed by atoms with Crippen molar-refractivity contribution in [2.75, 3.05) is 10.6 Å². The van der Waals surface area contributed by atoms with Crippen LogP contribution in [-0.4, -0.2) is 11.8 Å². The van der Waals surface area contributed by atoms with Crippen LogP contribution in [-0.2, 0) is 9.59 Å². The highest BCUT2D eigenvalue weighted by Crippen LogP contribution is 2.61. The maximum atomic E-state index is 13.5. The molecule has 2 amide bonds. The maximum absolute atomic E-state index is 13.5. The third-order valence-electron chi connectivity index (χ3n) is 6.58. The van der Waals surface area contributed by atoms with Gasteiger partial charge >= 0.3 is 0 Å². The molecule has 0 radical (unpaired) electrons. The number of carbonyl (C=O) groups is 2. The van der Waals surface area contributed by atoms with Crippen LogP contribution in [0.5, 0.6) is 0 Å². The van der Waals surface area contributed by atoms with Crippen molar-refractivity contribution in [1.29, 1.82) is 0 Å². The summed E-state index contributed by atoms with van der Waals surface area (Å²) in [7, 11) is 0. The molecule has 0 saturated carbocycles. The van der Waals surface area contributed by atoms with Crippen LogP contribution in [0.2, 0.25) is 0 Å². The molecule has 1 saturated heterocycles. The molecule has 3 aromatic carbocycles. The van der Waals surface area contributed by atoms with Gasteiger partial charge in [0.05, 0.1) is 17.5 Å². The zero-order chi connectivity index (χ0) is 19.0. The first-order chi connectivity index (χ1) is 13.7. The van der Waals surface area contributed by atoms with Gasteiger partial charge in [-0.3, -0.25) is 9.59 Å². The molecule has 1 aliphatic heterocycles. The monoisotopic (exact) mass is 366 g/mol. The SMILES string of the molecule is Nc1cccc(N2C(=O)C3C4c5ccccc5C(c5ccccc54)C3C2=O)c1. The van der Waals surface area contributed by atoms with Crippen molar-refractivity contribution >= 4 is 23.2 Å². The molecule has 28 heavy (non-hydrogen) atoms. The van der Waals surface area contributed by atoms with Gasteiger partial charge < -0.3 is 5.73 Å². The van der Waals surface area contributed by atoms with Crippen LogP contribution >= 0.6 is 0 Å². The summed E-state index contributed by atoms with van der Waals surface area (Å²) in [6.07, 6.45) is 0. The standard InChI is InChI=1S/C24H18N2O2/c25-13-6-5-7-14(12-13)26-23(27)21-19-15-8-1-2-9-16(15)20(22(21)24(26)28)18-11-4-3-10-17(18)19/h1-12,19-22H,25H2. The van der Waals surface area contributed by atoms with Crippen LogP contribution < -0.4 is 10.6 Å². The summed E-state index contributed by atoms with van der Waals surface area (Å²) in [5.41, 5.74) is 11.8. The lowest BCUT2D eigenvalue weighted by Gasteiger charge is -2.45. The number of amides is 2. The molecule has 4 aliphatic rings. The van der Waals surface area contributed by atoms with Crippen LogP contribution in [0.25, 0.3) is 0 Å². The Bertz CT molecular complexity index is 1050. The van der Waals surface area contributed by atoms with Crippen LogP contribution in [0.1, 0.15) is 34.1 Å². The number of benzene rings is 3. The van der Waals surface area contributed by atoms with Crippen LogP contribution in [0.15, 0.2) is 72.8 Å². The summed E-state index contributed by atoms with van der Waals surface area (Å²) in [5, 5.41) is 0. The molecular formula is C24H18N2O2. The lowest BCUT2D eigenvalue weighted by atomic mass is 9.55. The quantitative estimate of drug-likeness (QED) is 0.528. The van der Waals surface area contributed by atoms with Crippen molar-refractivity contribution in [3.63, 3.8) is 0 Å². The minimum absolute atomic E-state index is 0.0788. The number of rotatable bonds is 1. The van der Waals surface area contributed by atoms with Gasteiger partial charge in [0.1, 0.15) is 0 Å². The summed E-state index contributed by atoms with van der Waals surface area (Å²) in [6.45, 7) is 0. The lowest BCUT2D eigenvalue weighted by molar-refractivity contribution is -0.122. The van der Waals surface area contributed by atoms with Crippen molar-refractivity contribution in [1.82, 2.24) is 0 Å². The average molecular weight is 366 g/mol. The Kier molecular flexibility index (Phi) is 2.97. The summed E-state index contributed by atoms with van der Waals surface area (Å²) in [4.78, 5) is 28.4. The molecule has 2 N–H and O–H groups in total. The number of carbonyl (C=O) groups excluding carboxylic acids is 2. The Morgan fingerprint density at radius 1 is 0.643 bits per heavy atom. The van der Waals surface area contributed by atoms with E-state index in [2.05, 4.69) is 24.3 Å². The van der Waals surface area contributed by atoms with Crippen molar-refractivity contribution in [2.45, 2.75) is 11.8 Å². The van der Waals surface area contributed by atoms with E-state index in [4.69, 9.17) is 5.73 Å². The Balaban J connectivity index is 1.58. The fraction of sp³-hybridized carbons (Fsp3) is 0.167. The smallest absolute Gasteiger partial charge is 0.238 e. The molecule has 4 heteroatoms. The molecule has 1 fully saturated rings. The van der Waals surface area contributed by atoms with Gasteiger partial charge in [0.15, 0.2) is 0 Å². The van der Waals surface area contributed by atoms with Crippen molar-refractivity contribution in [2.24, 2.45) is 11.8 Å². The number of nitrogen functional groups attached to an aromatic ring is 1. The molecular weight excluding hydrogens is 348 g/mol. The van der Waals surface area contributed by atoms with Crippen molar-refractivity contribution in [3.8, 4) is 0 Å². The number of nitrogens with two attached hydrogens (primary N) is 1. The van der Waals surface area contributed by atoms with Crippen molar-refractivity contribution < 1.29 is 9.59 Å². The van der Waals surface area contributed by atoms with Gasteiger partial charge in [-0.05, 0) is 40.5 Å². The normalized spacial score (nSPS) is 26.8. The van der Waals surface area contributed by atoms with E-state index in [9.17, 15) is 9.59 Å². The zero-order valence-electron chi connectivity index (χ0n) is 15.1. The third kappa shape index (κ3) is 1.80. The van der Waals surface area contributed by atoms with E-state index in [-0.39, 0.29) is 35.5 Å². The average Bonchev–Trinajstić information content (AvgIpc) is 2.99. The van der Waals surface area contributed by atoms with Gasteiger partial charge in [-0.15, -0.1) is 0 Å². The lowest BCUT2D eigenvalue weighted by Crippen LogP contribution is -2.41. The second kappa shape index (κ2) is 5.32. The van der Waals surface area contributed by atoms with Gasteiger partial charge in [0, 0.05) is 17.5 Å². The molecule has 1 heterocycles. The van der Waals surface area contributed by atoms with Crippen LogP contribution in [0.4, 0.5) is 11.4 Å². The van der Waals surface area contributed by atoms with E-state index in [1.54, 1.807) is 24.3 Å². The molecule has 2 bridgehead atoms. The Morgan fingerprint density at radius 3 is 1.54 bits per heavy atom. The van der Waals surface area contributed by atoms with Gasteiger partial charge in [-0.2, -0.15) is 0 Å². The number of hydrogen-bond acceptors (Lipinski definition) is 3. The molecule has 0 spiro atoms. The topological polar surface area (TPSA) is 63.4 Å². The number of nitrogens with zero attached hydrogens (tertiary/aromatic N) is 1. The fourth-order valence-electron chi connectivity index (χ4n) is 5.60. The van der Waals surface area contributed by atoms with E-state index in [0.29, 0.717) is 11.4 Å². The molecule has 7 rings (SSSR count). The summed E-state index contributed by atoms with van der Waals surface area (Å²) < 4.78 is 0. The van der Waals surface area contributed by atoms with E-state index in [0.717, 1.165) is 0 Å². The summed E-state index contributed by atoms with van der Waals surface area (Å²) in [5.74, 6) is -1.10. The molecule has 2 atom stereocenters. The number of imide groups is 1. The third-order valence-corrected chi connectivity index (χ3v) is 6.58. The molecule has 3 aromatic rings. The molecule has 2 unspecified atom stereocenters. The highest BCUT2D eigenvalue weighted by atomic mass is 16.2. The van der Waals surface area contributed by atoms with Gasteiger partial charge in [-0.25, -0.2) is 4.90 Å².